The summed E-state index contributed by atoms with van der Waals surface area (Å²) >= 11 is 0. The van der Waals surface area contributed by atoms with Gasteiger partial charge in [-0.15, -0.1) is 0 Å². The first-order valence-corrected chi connectivity index (χ1v) is 7.72. The number of carbonyl (C=O) groups is 1. The van der Waals surface area contributed by atoms with Crippen LogP contribution >= 0.6 is 0 Å². The van der Waals surface area contributed by atoms with Crippen molar-refractivity contribution in [1.82, 2.24) is 10.1 Å². The Morgan fingerprint density at radius 2 is 1.95 bits per heavy atom. The van der Waals surface area contributed by atoms with E-state index >= 15 is 0 Å². The molecule has 2 N–H and O–H groups in total. The van der Waals surface area contributed by atoms with E-state index in [1.54, 1.807) is 19.2 Å². The highest BCUT2D eigenvalue weighted by Crippen LogP contribution is 2.18. The fourth-order valence-electron chi connectivity index (χ4n) is 1.47. The van der Waals surface area contributed by atoms with Crippen LogP contribution in [0.3, 0.4) is 0 Å². The average Bonchev–Trinajstić information content (AvgIpc) is 2.80. The van der Waals surface area contributed by atoms with Gasteiger partial charge in [0, 0.05) is 13.6 Å². The molecule has 1 amide bonds. The lowest BCUT2D eigenvalue weighted by Crippen LogP contribution is -2.29. The third-order valence-electron chi connectivity index (χ3n) is 2.36. The molecule has 116 valence electrons. The summed E-state index contributed by atoms with van der Waals surface area (Å²) in [6.07, 6.45) is 0.715. The number of aromatic nitrogens is 1. The summed E-state index contributed by atoms with van der Waals surface area (Å²) in [4.78, 5) is 13.3. The zero-order valence-corrected chi connectivity index (χ0v) is 12.4. The van der Waals surface area contributed by atoms with Gasteiger partial charge in [-0.1, -0.05) is 17.3 Å². The molecule has 1 heterocycles. The van der Waals surface area contributed by atoms with Gasteiger partial charge in [-0.25, -0.2) is 0 Å². The number of para-hydroxylation sites is 1. The molecule has 0 spiro atoms. The Balaban J connectivity index is 0.000000383. The maximum absolute atomic E-state index is 11.9. The monoisotopic (exact) mass is 316 g/mol. The summed E-state index contributed by atoms with van der Waals surface area (Å²) in [5.74, 6) is -0.251. The van der Waals surface area contributed by atoms with Crippen LogP contribution in [-0.2, 0) is 10.1 Å². The second-order valence-corrected chi connectivity index (χ2v) is 5.68. The second kappa shape index (κ2) is 7.16. The maximum atomic E-state index is 11.9. The van der Waals surface area contributed by atoms with E-state index in [2.05, 4.69) is 5.16 Å². The van der Waals surface area contributed by atoms with Crippen molar-refractivity contribution in [2.75, 3.05) is 26.5 Å². The molecular weight excluding hydrogens is 300 g/mol. The number of aliphatic hydroxyl groups is 1. The SMILES string of the molecule is CN(CCO)C(=O)c1noc2ccccc12.CS(=O)(=O)O. The molecule has 0 saturated heterocycles. The number of hydrogen-bond acceptors (Lipinski definition) is 6. The van der Waals surface area contributed by atoms with E-state index in [1.165, 1.54) is 4.90 Å². The summed E-state index contributed by atoms with van der Waals surface area (Å²) in [6, 6.07) is 7.18. The van der Waals surface area contributed by atoms with Gasteiger partial charge >= 0.3 is 0 Å². The number of rotatable bonds is 3. The molecule has 0 saturated carbocycles. The van der Waals surface area contributed by atoms with Crippen LogP contribution < -0.4 is 0 Å². The molecule has 0 unspecified atom stereocenters. The first-order chi connectivity index (χ1) is 9.74. The molecule has 0 radical (unpaired) electrons. The van der Waals surface area contributed by atoms with E-state index in [0.717, 1.165) is 0 Å². The van der Waals surface area contributed by atoms with Crippen molar-refractivity contribution >= 4 is 27.0 Å². The van der Waals surface area contributed by atoms with Gasteiger partial charge in [-0.3, -0.25) is 9.35 Å². The Labute approximate surface area is 121 Å². The predicted octanol–water partition coefficient (Wildman–Crippen LogP) is 0.396. The molecule has 0 bridgehead atoms. The average molecular weight is 316 g/mol. The van der Waals surface area contributed by atoms with Crippen LogP contribution in [-0.4, -0.2) is 60.5 Å². The molecule has 2 aromatic rings. The summed E-state index contributed by atoms with van der Waals surface area (Å²) in [6.45, 7) is 0.206. The van der Waals surface area contributed by atoms with Crippen molar-refractivity contribution in [2.24, 2.45) is 0 Å². The third-order valence-corrected chi connectivity index (χ3v) is 2.36. The van der Waals surface area contributed by atoms with E-state index in [-0.39, 0.29) is 24.8 Å². The minimum Gasteiger partial charge on any atom is -0.395 e. The lowest BCUT2D eigenvalue weighted by molar-refractivity contribution is 0.0758. The lowest BCUT2D eigenvalue weighted by Gasteiger charge is -2.13. The van der Waals surface area contributed by atoms with Crippen molar-refractivity contribution in [1.29, 1.82) is 0 Å². The molecule has 0 aliphatic carbocycles. The standard InChI is InChI=1S/C11H12N2O3.CH4O3S/c1-13(6-7-14)11(15)10-8-4-2-3-5-9(8)16-12-10;1-5(2,3)4/h2-5,14H,6-7H2,1H3;1H3,(H,2,3,4). The van der Waals surface area contributed by atoms with Gasteiger partial charge in [0.15, 0.2) is 11.3 Å². The normalized spacial score (nSPS) is 10.9. The Morgan fingerprint density at radius 3 is 2.52 bits per heavy atom. The Hall–Kier alpha value is -1.97. The number of benzene rings is 1. The minimum absolute atomic E-state index is 0.0714. The van der Waals surface area contributed by atoms with Crippen LogP contribution in [0.4, 0.5) is 0 Å². The minimum atomic E-state index is -3.67. The number of likely N-dealkylation sites (N-methyl/N-ethyl adjacent to an activating group) is 1. The summed E-state index contributed by atoms with van der Waals surface area (Å²) in [5.41, 5.74) is 0.870. The number of carbonyl (C=O) groups excluding carboxylic acids is 1. The first-order valence-electron chi connectivity index (χ1n) is 5.87. The third kappa shape index (κ3) is 5.50. The smallest absolute Gasteiger partial charge is 0.276 e. The van der Waals surface area contributed by atoms with Crippen LogP contribution in [0.1, 0.15) is 10.5 Å². The van der Waals surface area contributed by atoms with E-state index in [1.807, 2.05) is 12.1 Å². The van der Waals surface area contributed by atoms with Gasteiger partial charge in [0.25, 0.3) is 16.0 Å². The van der Waals surface area contributed by atoms with Crippen LogP contribution in [0.15, 0.2) is 28.8 Å². The first kappa shape index (κ1) is 17.1. The zero-order valence-electron chi connectivity index (χ0n) is 11.6. The second-order valence-electron chi connectivity index (χ2n) is 4.21. The summed E-state index contributed by atoms with van der Waals surface area (Å²) in [7, 11) is -2.05. The van der Waals surface area contributed by atoms with Gasteiger partial charge in [0.05, 0.1) is 18.2 Å². The van der Waals surface area contributed by atoms with Crippen molar-refractivity contribution in [2.45, 2.75) is 0 Å². The molecule has 0 aliphatic heterocycles. The maximum Gasteiger partial charge on any atom is 0.276 e. The number of hydrogen-bond donors (Lipinski definition) is 2. The molecular formula is C12H16N2O6S. The van der Waals surface area contributed by atoms with E-state index in [9.17, 15) is 13.2 Å². The molecule has 0 atom stereocenters. The van der Waals surface area contributed by atoms with Crippen molar-refractivity contribution < 1.29 is 27.4 Å². The number of aliphatic hydroxyl groups excluding tert-OH is 1. The fraction of sp³-hybridized carbons (Fsp3) is 0.333. The van der Waals surface area contributed by atoms with Crippen LogP contribution in [0.25, 0.3) is 11.0 Å². The van der Waals surface area contributed by atoms with Gasteiger partial charge in [-0.2, -0.15) is 8.42 Å². The van der Waals surface area contributed by atoms with Gasteiger partial charge in [-0.05, 0) is 12.1 Å². The number of amides is 1. The molecule has 2 rings (SSSR count). The van der Waals surface area contributed by atoms with Crippen molar-refractivity contribution in [3.63, 3.8) is 0 Å². The molecule has 1 aromatic carbocycles. The highest BCUT2D eigenvalue weighted by Gasteiger charge is 2.18. The molecule has 0 fully saturated rings. The van der Waals surface area contributed by atoms with E-state index < -0.39 is 10.1 Å². The van der Waals surface area contributed by atoms with Crippen LogP contribution in [0.5, 0.6) is 0 Å². The predicted molar refractivity (Wildman–Crippen MR) is 75.5 cm³/mol. The highest BCUT2D eigenvalue weighted by molar-refractivity contribution is 7.85. The molecule has 21 heavy (non-hydrogen) atoms. The van der Waals surface area contributed by atoms with Crippen LogP contribution in [0.2, 0.25) is 0 Å². The molecule has 1 aromatic heterocycles. The Bertz CT molecular complexity index is 701. The van der Waals surface area contributed by atoms with Crippen molar-refractivity contribution in [3.8, 4) is 0 Å². The fourth-order valence-corrected chi connectivity index (χ4v) is 1.47. The quantitative estimate of drug-likeness (QED) is 0.786. The summed E-state index contributed by atoms with van der Waals surface area (Å²) in [5, 5.41) is 13.2. The van der Waals surface area contributed by atoms with Gasteiger partial charge in [0.2, 0.25) is 0 Å². The molecule has 0 aliphatic rings. The molecule has 8 nitrogen and oxygen atoms in total. The van der Waals surface area contributed by atoms with E-state index in [4.69, 9.17) is 14.2 Å². The number of nitrogens with zero attached hydrogens (tertiary/aromatic N) is 2. The van der Waals surface area contributed by atoms with E-state index in [0.29, 0.717) is 17.2 Å². The lowest BCUT2D eigenvalue weighted by atomic mass is 10.2. The van der Waals surface area contributed by atoms with Gasteiger partial charge in [0.1, 0.15) is 0 Å². The Morgan fingerprint density at radius 1 is 1.38 bits per heavy atom. The van der Waals surface area contributed by atoms with Crippen LogP contribution in [0, 0.1) is 0 Å². The zero-order chi connectivity index (χ0) is 16.0. The topological polar surface area (TPSA) is 121 Å². The highest BCUT2D eigenvalue weighted by atomic mass is 32.2. The Kier molecular flexibility index (Phi) is 5.82. The van der Waals surface area contributed by atoms with Gasteiger partial charge < -0.3 is 14.5 Å². The van der Waals surface area contributed by atoms with Crippen molar-refractivity contribution in [3.05, 3.63) is 30.0 Å². The largest absolute Gasteiger partial charge is 0.395 e. The summed E-state index contributed by atoms with van der Waals surface area (Å²) < 4.78 is 30.9. The number of fused-ring (bicyclic) bond motifs is 1. The molecule has 9 heteroatoms.